The molecule has 0 aliphatic rings. The lowest BCUT2D eigenvalue weighted by atomic mass is 10.4. The number of aliphatic hydroxyl groups is 1. The van der Waals surface area contributed by atoms with Gasteiger partial charge < -0.3 is 19.6 Å². The van der Waals surface area contributed by atoms with E-state index in [1.165, 1.54) is 6.33 Å². The molecule has 1 N–H and O–H groups in total. The van der Waals surface area contributed by atoms with Crippen LogP contribution in [0.15, 0.2) is 12.4 Å². The molecule has 8 nitrogen and oxygen atoms in total. The van der Waals surface area contributed by atoms with Crippen LogP contribution in [0.5, 0.6) is 0 Å². The Morgan fingerprint density at radius 1 is 1.17 bits per heavy atom. The summed E-state index contributed by atoms with van der Waals surface area (Å²) in [4.78, 5) is 13.0. The van der Waals surface area contributed by atoms with Crippen LogP contribution in [0.25, 0.3) is 5.78 Å². The summed E-state index contributed by atoms with van der Waals surface area (Å²) in [6.45, 7) is 10.4. The van der Waals surface area contributed by atoms with Gasteiger partial charge in [-0.1, -0.05) is 0 Å². The van der Waals surface area contributed by atoms with E-state index in [2.05, 4.69) is 33.8 Å². The highest BCUT2D eigenvalue weighted by Gasteiger charge is 2.16. The zero-order chi connectivity index (χ0) is 16.7. The average molecular weight is 322 g/mol. The maximum atomic E-state index is 9.39. The van der Waals surface area contributed by atoms with E-state index in [4.69, 9.17) is 4.74 Å². The molecule has 0 unspecified atom stereocenters. The first-order chi connectivity index (χ1) is 11.2. The normalized spacial score (nSPS) is 11.1. The molecule has 0 amide bonds. The standard InChI is InChI=1S/C15H26N6O2/c1-4-19(5-2)13-11-14(21-15(18-13)16-12-17-21)20(7-9-22)8-10-23-6-3/h11-12,22H,4-10H2,1-3H3. The zero-order valence-corrected chi connectivity index (χ0v) is 14.1. The third-order valence-corrected chi connectivity index (χ3v) is 3.71. The van der Waals surface area contributed by atoms with Crippen LogP contribution in [0.4, 0.5) is 11.6 Å². The van der Waals surface area contributed by atoms with Crippen molar-refractivity contribution < 1.29 is 9.84 Å². The first kappa shape index (κ1) is 17.4. The highest BCUT2D eigenvalue weighted by molar-refractivity contribution is 5.56. The van der Waals surface area contributed by atoms with Crippen molar-refractivity contribution in [1.29, 1.82) is 0 Å². The van der Waals surface area contributed by atoms with E-state index < -0.39 is 0 Å². The lowest BCUT2D eigenvalue weighted by Gasteiger charge is -2.26. The molecule has 8 heteroatoms. The molecule has 2 aromatic rings. The molecule has 2 heterocycles. The monoisotopic (exact) mass is 322 g/mol. The number of nitrogens with zero attached hydrogens (tertiary/aromatic N) is 6. The van der Waals surface area contributed by atoms with Crippen molar-refractivity contribution in [2.75, 3.05) is 55.8 Å². The quantitative estimate of drug-likeness (QED) is 0.648. The Balaban J connectivity index is 2.39. The fourth-order valence-corrected chi connectivity index (χ4v) is 2.50. The molecule has 0 aliphatic carbocycles. The van der Waals surface area contributed by atoms with E-state index in [9.17, 15) is 5.11 Å². The molecule has 0 saturated heterocycles. The van der Waals surface area contributed by atoms with E-state index in [1.54, 1.807) is 4.52 Å². The Kier molecular flexibility index (Phi) is 6.54. The second-order valence-corrected chi connectivity index (χ2v) is 5.02. The Labute approximate surface area is 136 Å². The number of fused-ring (bicyclic) bond motifs is 1. The molecule has 23 heavy (non-hydrogen) atoms. The molecule has 0 atom stereocenters. The van der Waals surface area contributed by atoms with E-state index in [1.807, 2.05) is 17.9 Å². The number of aromatic nitrogens is 4. The van der Waals surface area contributed by atoms with Crippen LogP contribution in [0.1, 0.15) is 20.8 Å². The van der Waals surface area contributed by atoms with E-state index in [0.29, 0.717) is 32.1 Å². The Hall–Kier alpha value is -1.93. The molecule has 0 fully saturated rings. The van der Waals surface area contributed by atoms with Gasteiger partial charge in [-0.3, -0.25) is 0 Å². The van der Waals surface area contributed by atoms with Gasteiger partial charge in [0.1, 0.15) is 18.0 Å². The van der Waals surface area contributed by atoms with Gasteiger partial charge in [-0.05, 0) is 20.8 Å². The van der Waals surface area contributed by atoms with Crippen LogP contribution in [0, 0.1) is 0 Å². The molecule has 128 valence electrons. The van der Waals surface area contributed by atoms with Gasteiger partial charge in [-0.2, -0.15) is 19.6 Å². The van der Waals surface area contributed by atoms with Gasteiger partial charge in [0.15, 0.2) is 0 Å². The minimum Gasteiger partial charge on any atom is -0.395 e. The number of rotatable bonds is 10. The number of ether oxygens (including phenoxy) is 1. The number of anilines is 2. The van der Waals surface area contributed by atoms with Gasteiger partial charge in [0.05, 0.1) is 13.2 Å². The molecular formula is C15H26N6O2. The summed E-state index contributed by atoms with van der Waals surface area (Å²) in [5, 5.41) is 13.7. The smallest absolute Gasteiger partial charge is 0.256 e. The topological polar surface area (TPSA) is 79.0 Å². The molecule has 0 bridgehead atoms. The molecule has 0 aliphatic heterocycles. The first-order valence-electron chi connectivity index (χ1n) is 8.14. The molecule has 2 rings (SSSR count). The van der Waals surface area contributed by atoms with Crippen molar-refractivity contribution in [1.82, 2.24) is 19.6 Å². The second kappa shape index (κ2) is 8.64. The van der Waals surface area contributed by atoms with Gasteiger partial charge in [-0.25, -0.2) is 0 Å². The molecule has 0 saturated carbocycles. The third-order valence-electron chi connectivity index (χ3n) is 3.71. The van der Waals surface area contributed by atoms with Gasteiger partial charge in [-0.15, -0.1) is 0 Å². The third kappa shape index (κ3) is 4.08. The van der Waals surface area contributed by atoms with Crippen LogP contribution in [0.2, 0.25) is 0 Å². The van der Waals surface area contributed by atoms with E-state index >= 15 is 0 Å². The van der Waals surface area contributed by atoms with Gasteiger partial charge >= 0.3 is 0 Å². The van der Waals surface area contributed by atoms with Crippen molar-refractivity contribution in [2.45, 2.75) is 20.8 Å². The summed E-state index contributed by atoms with van der Waals surface area (Å²) < 4.78 is 7.15. The summed E-state index contributed by atoms with van der Waals surface area (Å²) in [5.74, 6) is 2.29. The Morgan fingerprint density at radius 3 is 2.61 bits per heavy atom. The molecule has 2 aromatic heterocycles. The van der Waals surface area contributed by atoms with Gasteiger partial charge in [0.25, 0.3) is 5.78 Å². The first-order valence-corrected chi connectivity index (χ1v) is 8.14. The molecule has 0 aromatic carbocycles. The lowest BCUT2D eigenvalue weighted by Crippen LogP contribution is -2.33. The van der Waals surface area contributed by atoms with Gasteiger partial charge in [0, 0.05) is 38.9 Å². The molecular weight excluding hydrogens is 296 g/mol. The number of aliphatic hydroxyl groups excluding tert-OH is 1. The van der Waals surface area contributed by atoms with Crippen molar-refractivity contribution in [3.63, 3.8) is 0 Å². The minimum absolute atomic E-state index is 0.0608. The largest absolute Gasteiger partial charge is 0.395 e. The minimum atomic E-state index is 0.0608. The highest BCUT2D eigenvalue weighted by Crippen LogP contribution is 2.21. The maximum Gasteiger partial charge on any atom is 0.256 e. The summed E-state index contributed by atoms with van der Waals surface area (Å²) in [5.41, 5.74) is 0. The van der Waals surface area contributed by atoms with E-state index in [-0.39, 0.29) is 6.61 Å². The van der Waals surface area contributed by atoms with Crippen molar-refractivity contribution >= 4 is 17.4 Å². The fourth-order valence-electron chi connectivity index (χ4n) is 2.50. The zero-order valence-electron chi connectivity index (χ0n) is 14.1. The average Bonchev–Trinajstić information content (AvgIpc) is 3.03. The number of hydrogen-bond donors (Lipinski definition) is 1. The second-order valence-electron chi connectivity index (χ2n) is 5.02. The van der Waals surface area contributed by atoms with E-state index in [0.717, 1.165) is 24.7 Å². The van der Waals surface area contributed by atoms with Crippen molar-refractivity contribution in [3.8, 4) is 0 Å². The number of hydrogen-bond acceptors (Lipinski definition) is 7. The van der Waals surface area contributed by atoms with Crippen LogP contribution in [-0.4, -0.2) is 70.7 Å². The Bertz CT molecular complexity index is 599. The molecule has 0 spiro atoms. The summed E-state index contributed by atoms with van der Waals surface area (Å²) in [6.07, 6.45) is 1.50. The lowest BCUT2D eigenvalue weighted by molar-refractivity contribution is 0.152. The summed E-state index contributed by atoms with van der Waals surface area (Å²) in [7, 11) is 0. The van der Waals surface area contributed by atoms with Crippen molar-refractivity contribution in [3.05, 3.63) is 12.4 Å². The Morgan fingerprint density at radius 2 is 1.96 bits per heavy atom. The predicted octanol–water partition coefficient (Wildman–Crippen LogP) is 0.806. The van der Waals surface area contributed by atoms with Crippen molar-refractivity contribution in [2.24, 2.45) is 0 Å². The predicted molar refractivity (Wildman–Crippen MR) is 90.1 cm³/mol. The maximum absolute atomic E-state index is 9.39. The van der Waals surface area contributed by atoms with Crippen LogP contribution in [-0.2, 0) is 4.74 Å². The summed E-state index contributed by atoms with van der Waals surface area (Å²) in [6, 6.07) is 2.00. The van der Waals surface area contributed by atoms with Crippen LogP contribution >= 0.6 is 0 Å². The molecule has 0 radical (unpaired) electrons. The summed E-state index contributed by atoms with van der Waals surface area (Å²) >= 11 is 0. The highest BCUT2D eigenvalue weighted by atomic mass is 16.5. The SMILES string of the molecule is CCOCCN(CCO)c1cc(N(CC)CC)nc2ncnn12. The van der Waals surface area contributed by atoms with Crippen LogP contribution in [0.3, 0.4) is 0 Å². The van der Waals surface area contributed by atoms with Crippen LogP contribution < -0.4 is 9.80 Å². The van der Waals surface area contributed by atoms with Gasteiger partial charge in [0.2, 0.25) is 0 Å². The fraction of sp³-hybridized carbons (Fsp3) is 0.667.